The zero-order chi connectivity index (χ0) is 14.5. The summed E-state index contributed by atoms with van der Waals surface area (Å²) in [5, 5.41) is 4.09. The smallest absolute Gasteiger partial charge is 0.138 e. The number of aromatic nitrogens is 2. The molecule has 1 fully saturated rings. The minimum absolute atomic E-state index is 0.724. The predicted octanol–water partition coefficient (Wildman–Crippen LogP) is 2.55. The van der Waals surface area contributed by atoms with Gasteiger partial charge in [-0.25, -0.2) is 0 Å². The van der Waals surface area contributed by atoms with Gasteiger partial charge in [0.25, 0.3) is 0 Å². The van der Waals surface area contributed by atoms with Crippen LogP contribution < -0.4 is 0 Å². The SMILES string of the molecule is Clc1snnc1CN1CCN(CCc2ccccc2)CC1. The van der Waals surface area contributed by atoms with Crippen molar-refractivity contribution in [2.45, 2.75) is 13.0 Å². The molecule has 1 saturated heterocycles. The largest absolute Gasteiger partial charge is 0.300 e. The van der Waals surface area contributed by atoms with Gasteiger partial charge in [0.2, 0.25) is 0 Å². The summed E-state index contributed by atoms with van der Waals surface area (Å²) in [5.74, 6) is 0. The molecule has 0 atom stereocenters. The summed E-state index contributed by atoms with van der Waals surface area (Å²) in [6.07, 6.45) is 1.13. The molecule has 1 aliphatic heterocycles. The summed E-state index contributed by atoms with van der Waals surface area (Å²) >= 11 is 7.33. The Kier molecular flexibility index (Phi) is 5.19. The summed E-state index contributed by atoms with van der Waals surface area (Å²) in [6.45, 7) is 6.33. The molecule has 0 unspecified atom stereocenters. The predicted molar refractivity (Wildman–Crippen MR) is 86.8 cm³/mol. The number of halogens is 1. The van der Waals surface area contributed by atoms with E-state index >= 15 is 0 Å². The zero-order valence-electron chi connectivity index (χ0n) is 11.9. The molecule has 4 nitrogen and oxygen atoms in total. The molecule has 2 aromatic rings. The van der Waals surface area contributed by atoms with Crippen LogP contribution in [0, 0.1) is 0 Å². The van der Waals surface area contributed by atoms with E-state index in [4.69, 9.17) is 11.6 Å². The number of nitrogens with zero attached hydrogens (tertiary/aromatic N) is 4. The van der Waals surface area contributed by atoms with E-state index < -0.39 is 0 Å². The van der Waals surface area contributed by atoms with E-state index in [1.807, 2.05) is 0 Å². The van der Waals surface area contributed by atoms with E-state index in [-0.39, 0.29) is 0 Å². The maximum atomic E-state index is 6.06. The van der Waals surface area contributed by atoms with Gasteiger partial charge in [0, 0.05) is 50.8 Å². The summed E-state index contributed by atoms with van der Waals surface area (Å²) < 4.78 is 4.61. The number of piperazine rings is 1. The Bertz CT molecular complexity index is 552. The van der Waals surface area contributed by atoms with Gasteiger partial charge in [-0.15, -0.1) is 5.10 Å². The van der Waals surface area contributed by atoms with Gasteiger partial charge in [0.15, 0.2) is 0 Å². The summed E-state index contributed by atoms with van der Waals surface area (Å²) in [6, 6.07) is 10.7. The molecular formula is C15H19ClN4S. The van der Waals surface area contributed by atoms with Gasteiger partial charge in [-0.2, -0.15) is 0 Å². The van der Waals surface area contributed by atoms with Gasteiger partial charge < -0.3 is 4.90 Å². The number of hydrogen-bond acceptors (Lipinski definition) is 5. The highest BCUT2D eigenvalue weighted by Crippen LogP contribution is 2.19. The first kappa shape index (κ1) is 14.9. The summed E-state index contributed by atoms with van der Waals surface area (Å²) in [5.41, 5.74) is 2.33. The molecule has 21 heavy (non-hydrogen) atoms. The Morgan fingerprint density at radius 1 is 1.05 bits per heavy atom. The van der Waals surface area contributed by atoms with Crippen molar-refractivity contribution in [1.82, 2.24) is 19.4 Å². The third-order valence-corrected chi connectivity index (χ3v) is 4.89. The Morgan fingerprint density at radius 3 is 2.43 bits per heavy atom. The molecule has 0 amide bonds. The first-order valence-electron chi connectivity index (χ1n) is 7.26. The van der Waals surface area contributed by atoms with Gasteiger partial charge in [-0.3, -0.25) is 4.90 Å². The lowest BCUT2D eigenvalue weighted by Crippen LogP contribution is -2.46. The van der Waals surface area contributed by atoms with E-state index in [0.717, 1.165) is 55.7 Å². The molecule has 0 saturated carbocycles. The number of rotatable bonds is 5. The van der Waals surface area contributed by atoms with Crippen molar-refractivity contribution >= 4 is 23.1 Å². The van der Waals surface area contributed by atoms with Crippen molar-refractivity contribution in [3.05, 3.63) is 45.9 Å². The van der Waals surface area contributed by atoms with E-state index in [2.05, 4.69) is 49.7 Å². The average Bonchev–Trinajstić information content (AvgIpc) is 2.93. The molecule has 0 N–H and O–H groups in total. The monoisotopic (exact) mass is 322 g/mol. The molecule has 0 aliphatic carbocycles. The van der Waals surface area contributed by atoms with Crippen molar-refractivity contribution < 1.29 is 0 Å². The van der Waals surface area contributed by atoms with Crippen molar-refractivity contribution in [3.63, 3.8) is 0 Å². The molecule has 1 aromatic heterocycles. The first-order chi connectivity index (χ1) is 10.3. The first-order valence-corrected chi connectivity index (χ1v) is 8.42. The number of benzene rings is 1. The molecular weight excluding hydrogens is 304 g/mol. The standard InChI is InChI=1S/C15H19ClN4S/c16-15-14(17-18-21-15)12-20-10-8-19(9-11-20)7-6-13-4-2-1-3-5-13/h1-5H,6-12H2. The fraction of sp³-hybridized carbons (Fsp3) is 0.467. The Morgan fingerprint density at radius 2 is 1.76 bits per heavy atom. The van der Waals surface area contributed by atoms with Gasteiger partial charge in [-0.05, 0) is 12.0 Å². The summed E-state index contributed by atoms with van der Waals surface area (Å²) in [4.78, 5) is 4.94. The highest BCUT2D eigenvalue weighted by atomic mass is 35.5. The molecule has 1 aliphatic rings. The Hall–Kier alpha value is -1.01. The molecule has 0 bridgehead atoms. The molecule has 1 aromatic carbocycles. The van der Waals surface area contributed by atoms with Crippen LogP contribution in [0.1, 0.15) is 11.3 Å². The van der Waals surface area contributed by atoms with Crippen LogP contribution in [0.3, 0.4) is 0 Å². The maximum absolute atomic E-state index is 6.06. The third-order valence-electron chi connectivity index (χ3n) is 3.91. The van der Waals surface area contributed by atoms with E-state index in [9.17, 15) is 0 Å². The van der Waals surface area contributed by atoms with Crippen LogP contribution in [-0.2, 0) is 13.0 Å². The quantitative estimate of drug-likeness (QED) is 0.847. The Balaban J connectivity index is 1.42. The van der Waals surface area contributed by atoms with Crippen LogP contribution in [0.15, 0.2) is 30.3 Å². The van der Waals surface area contributed by atoms with Crippen molar-refractivity contribution in [3.8, 4) is 0 Å². The van der Waals surface area contributed by atoms with Crippen LogP contribution in [-0.4, -0.2) is 52.1 Å². The summed E-state index contributed by atoms with van der Waals surface area (Å²) in [7, 11) is 0. The molecule has 112 valence electrons. The molecule has 0 spiro atoms. The fourth-order valence-electron chi connectivity index (χ4n) is 2.61. The number of hydrogen-bond donors (Lipinski definition) is 0. The van der Waals surface area contributed by atoms with Crippen LogP contribution in [0.25, 0.3) is 0 Å². The van der Waals surface area contributed by atoms with Gasteiger partial charge in [0.05, 0.1) is 0 Å². The van der Waals surface area contributed by atoms with Crippen molar-refractivity contribution in [2.75, 3.05) is 32.7 Å². The molecule has 6 heteroatoms. The van der Waals surface area contributed by atoms with Crippen molar-refractivity contribution in [2.24, 2.45) is 0 Å². The van der Waals surface area contributed by atoms with Crippen molar-refractivity contribution in [1.29, 1.82) is 0 Å². The third kappa shape index (κ3) is 4.23. The topological polar surface area (TPSA) is 32.3 Å². The van der Waals surface area contributed by atoms with Gasteiger partial charge in [-0.1, -0.05) is 46.4 Å². The Labute approximate surface area is 134 Å². The average molecular weight is 323 g/mol. The zero-order valence-corrected chi connectivity index (χ0v) is 13.5. The maximum Gasteiger partial charge on any atom is 0.138 e. The second-order valence-electron chi connectivity index (χ2n) is 5.35. The second-order valence-corrected chi connectivity index (χ2v) is 6.70. The minimum atomic E-state index is 0.724. The van der Waals surface area contributed by atoms with Crippen LogP contribution in [0.2, 0.25) is 4.34 Å². The lowest BCUT2D eigenvalue weighted by Gasteiger charge is -2.34. The van der Waals surface area contributed by atoms with Crippen LogP contribution >= 0.6 is 23.1 Å². The molecule has 0 radical (unpaired) electrons. The molecule has 3 rings (SSSR count). The van der Waals surface area contributed by atoms with Gasteiger partial charge in [0.1, 0.15) is 10.0 Å². The fourth-order valence-corrected chi connectivity index (χ4v) is 3.22. The second kappa shape index (κ2) is 7.31. The normalized spacial score (nSPS) is 17.2. The lowest BCUT2D eigenvalue weighted by atomic mass is 10.1. The van der Waals surface area contributed by atoms with Crippen LogP contribution in [0.4, 0.5) is 0 Å². The molecule has 2 heterocycles. The van der Waals surface area contributed by atoms with E-state index in [1.165, 1.54) is 17.1 Å². The highest BCUT2D eigenvalue weighted by molar-refractivity contribution is 7.10. The van der Waals surface area contributed by atoms with Gasteiger partial charge >= 0.3 is 0 Å². The van der Waals surface area contributed by atoms with E-state index in [0.29, 0.717) is 0 Å². The minimum Gasteiger partial charge on any atom is -0.300 e. The lowest BCUT2D eigenvalue weighted by molar-refractivity contribution is 0.127. The van der Waals surface area contributed by atoms with Crippen LogP contribution in [0.5, 0.6) is 0 Å². The highest BCUT2D eigenvalue weighted by Gasteiger charge is 2.18. The van der Waals surface area contributed by atoms with E-state index in [1.54, 1.807) is 0 Å².